The maximum Gasteiger partial charge on any atom is 0.352 e. The minimum Gasteiger partial charge on any atom is -0.481 e. The van der Waals surface area contributed by atoms with Crippen LogP contribution in [0.25, 0.3) is 0 Å². The molecule has 2 N–H and O–H groups in total. The fraction of sp³-hybridized carbons (Fsp3) is 0.571. The average molecular weight is 393 g/mol. The van der Waals surface area contributed by atoms with Gasteiger partial charge >= 0.3 is 11.9 Å². The predicted molar refractivity (Wildman–Crippen MR) is 106 cm³/mol. The Hall–Kier alpha value is -2.57. The second kappa shape index (κ2) is 13.6. The first-order chi connectivity index (χ1) is 13.4. The molecular weight excluding hydrogens is 362 g/mol. The van der Waals surface area contributed by atoms with Gasteiger partial charge in [-0.25, -0.2) is 4.79 Å². The molecule has 1 amide bonds. The van der Waals surface area contributed by atoms with Crippen molar-refractivity contribution in [1.82, 2.24) is 0 Å². The highest BCUT2D eigenvalue weighted by atomic mass is 17.2. The zero-order valence-electron chi connectivity index (χ0n) is 16.8. The van der Waals surface area contributed by atoms with Crippen LogP contribution in [0.2, 0.25) is 0 Å². The van der Waals surface area contributed by atoms with Gasteiger partial charge in [-0.15, -0.1) is 0 Å². The molecule has 0 aromatic heterocycles. The van der Waals surface area contributed by atoms with Crippen LogP contribution >= 0.6 is 0 Å². The van der Waals surface area contributed by atoms with Crippen molar-refractivity contribution >= 4 is 23.5 Å². The second-order valence-corrected chi connectivity index (χ2v) is 6.93. The minimum absolute atomic E-state index is 0.105. The molecule has 0 radical (unpaired) electrons. The van der Waals surface area contributed by atoms with Crippen molar-refractivity contribution in [2.24, 2.45) is 0 Å². The second-order valence-electron chi connectivity index (χ2n) is 6.93. The van der Waals surface area contributed by atoms with Gasteiger partial charge in [-0.1, -0.05) is 44.6 Å². The van der Waals surface area contributed by atoms with E-state index in [0.717, 1.165) is 56.9 Å². The van der Waals surface area contributed by atoms with Gasteiger partial charge in [0, 0.05) is 19.8 Å². The van der Waals surface area contributed by atoms with Gasteiger partial charge in [0.05, 0.1) is 5.69 Å². The van der Waals surface area contributed by atoms with Gasteiger partial charge in [0.15, 0.2) is 0 Å². The van der Waals surface area contributed by atoms with Crippen LogP contribution in [0, 0.1) is 6.92 Å². The van der Waals surface area contributed by atoms with Crippen LogP contribution in [-0.4, -0.2) is 23.0 Å². The molecular formula is C21H31NO6. The Balaban J connectivity index is 2.20. The lowest BCUT2D eigenvalue weighted by Crippen LogP contribution is -2.13. The van der Waals surface area contributed by atoms with E-state index < -0.39 is 11.9 Å². The zero-order valence-corrected chi connectivity index (χ0v) is 16.8. The highest BCUT2D eigenvalue weighted by molar-refractivity contribution is 5.92. The highest BCUT2D eigenvalue weighted by Crippen LogP contribution is 2.26. The maximum absolute atomic E-state index is 12.2. The van der Waals surface area contributed by atoms with Gasteiger partial charge in [0.25, 0.3) is 0 Å². The fourth-order valence-electron chi connectivity index (χ4n) is 2.75. The molecule has 156 valence electrons. The minimum atomic E-state index is -0.728. The van der Waals surface area contributed by atoms with E-state index in [4.69, 9.17) is 9.99 Å². The van der Waals surface area contributed by atoms with E-state index in [1.165, 1.54) is 6.92 Å². The summed E-state index contributed by atoms with van der Waals surface area (Å²) in [6, 6.07) is 5.21. The molecule has 0 heterocycles. The van der Waals surface area contributed by atoms with Crippen LogP contribution in [0.3, 0.4) is 0 Å². The number of nitrogens with one attached hydrogen (secondary N) is 1. The van der Waals surface area contributed by atoms with Gasteiger partial charge in [-0.3, -0.25) is 19.4 Å². The summed E-state index contributed by atoms with van der Waals surface area (Å²) in [7, 11) is 0. The quantitative estimate of drug-likeness (QED) is 0.268. The molecule has 0 atom stereocenters. The van der Waals surface area contributed by atoms with Crippen molar-refractivity contribution in [2.75, 3.05) is 5.32 Å². The number of hydrogen-bond donors (Lipinski definition) is 2. The number of aliphatic carboxylic acids is 1. The largest absolute Gasteiger partial charge is 0.481 e. The van der Waals surface area contributed by atoms with E-state index in [9.17, 15) is 14.4 Å². The molecule has 1 rings (SSSR count). The maximum atomic E-state index is 12.2. The van der Waals surface area contributed by atoms with Crippen LogP contribution < -0.4 is 10.2 Å². The van der Waals surface area contributed by atoms with Crippen molar-refractivity contribution in [3.63, 3.8) is 0 Å². The molecule has 0 unspecified atom stereocenters. The lowest BCUT2D eigenvalue weighted by Gasteiger charge is -2.11. The van der Waals surface area contributed by atoms with E-state index in [-0.39, 0.29) is 18.1 Å². The first kappa shape index (κ1) is 23.5. The van der Waals surface area contributed by atoms with Gasteiger partial charge < -0.3 is 10.4 Å². The number of hydrogen-bond acceptors (Lipinski definition) is 5. The van der Waals surface area contributed by atoms with Crippen molar-refractivity contribution < 1.29 is 29.3 Å². The molecule has 0 aliphatic heterocycles. The van der Waals surface area contributed by atoms with Gasteiger partial charge in [0.2, 0.25) is 11.7 Å². The summed E-state index contributed by atoms with van der Waals surface area (Å²) in [4.78, 5) is 43.0. The lowest BCUT2D eigenvalue weighted by molar-refractivity contribution is -0.210. The number of unbranched alkanes of at least 4 members (excludes halogenated alkanes) is 7. The Morgan fingerprint density at radius 2 is 1.50 bits per heavy atom. The highest BCUT2D eigenvalue weighted by Gasteiger charge is 2.10. The molecule has 7 nitrogen and oxygen atoms in total. The Bertz CT molecular complexity index is 644. The summed E-state index contributed by atoms with van der Waals surface area (Å²) in [5, 5.41) is 11.4. The lowest BCUT2D eigenvalue weighted by atomic mass is 10.1. The van der Waals surface area contributed by atoms with E-state index in [0.29, 0.717) is 12.1 Å². The van der Waals surface area contributed by atoms with Crippen LogP contribution in [0.15, 0.2) is 18.2 Å². The number of carboxylic acid groups (broad SMARTS) is 1. The average Bonchev–Trinajstić information content (AvgIpc) is 2.62. The SMILES string of the molecule is CC(=O)OOc1ccc(C)cc1NC(=O)CCCCCCCCCCC(=O)O. The van der Waals surface area contributed by atoms with Crippen LogP contribution in [0.1, 0.15) is 76.7 Å². The molecule has 1 aromatic rings. The van der Waals surface area contributed by atoms with E-state index in [1.807, 2.05) is 6.92 Å². The Labute approximate surface area is 166 Å². The molecule has 1 aromatic carbocycles. The molecule has 0 fully saturated rings. The molecule has 7 heteroatoms. The molecule has 0 bridgehead atoms. The van der Waals surface area contributed by atoms with Crippen molar-refractivity contribution in [1.29, 1.82) is 0 Å². The van der Waals surface area contributed by atoms with Crippen LogP contribution in [0.5, 0.6) is 5.75 Å². The third-order valence-electron chi connectivity index (χ3n) is 4.20. The molecule has 0 spiro atoms. The van der Waals surface area contributed by atoms with E-state index >= 15 is 0 Å². The van der Waals surface area contributed by atoms with E-state index in [1.54, 1.807) is 18.2 Å². The number of benzene rings is 1. The number of aryl methyl sites for hydroxylation is 1. The third-order valence-corrected chi connectivity index (χ3v) is 4.20. The Morgan fingerprint density at radius 3 is 2.07 bits per heavy atom. The molecule has 0 aliphatic rings. The molecule has 28 heavy (non-hydrogen) atoms. The summed E-state index contributed by atoms with van der Waals surface area (Å²) in [5.74, 6) is -1.11. The first-order valence-electron chi connectivity index (χ1n) is 9.86. The number of carboxylic acids is 1. The summed E-state index contributed by atoms with van der Waals surface area (Å²) < 4.78 is 0. The first-order valence-corrected chi connectivity index (χ1v) is 9.86. The number of anilines is 1. The third kappa shape index (κ3) is 11.2. The molecule has 0 aliphatic carbocycles. The normalized spacial score (nSPS) is 10.4. The Morgan fingerprint density at radius 1 is 0.929 bits per heavy atom. The van der Waals surface area contributed by atoms with Gasteiger partial charge in [-0.05, 0) is 37.5 Å². The Kier molecular flexibility index (Phi) is 11.4. The fourth-order valence-corrected chi connectivity index (χ4v) is 2.75. The van der Waals surface area contributed by atoms with Gasteiger partial charge in [0.1, 0.15) is 0 Å². The van der Waals surface area contributed by atoms with Crippen LogP contribution in [-0.2, 0) is 19.3 Å². The molecule has 0 saturated carbocycles. The monoisotopic (exact) mass is 393 g/mol. The van der Waals surface area contributed by atoms with E-state index in [2.05, 4.69) is 10.2 Å². The standard InChI is InChI=1S/C21H31NO6/c1-16-13-14-19(28-27-17(2)23)18(15-16)22-20(24)11-9-7-5-3-4-6-8-10-12-21(25)26/h13-15H,3-12H2,1-2H3,(H,22,24)(H,25,26). The van der Waals surface area contributed by atoms with Crippen molar-refractivity contribution in [3.05, 3.63) is 23.8 Å². The number of rotatable bonds is 14. The topological polar surface area (TPSA) is 102 Å². The summed E-state index contributed by atoms with van der Waals surface area (Å²) in [5.41, 5.74) is 1.43. The smallest absolute Gasteiger partial charge is 0.352 e. The summed E-state index contributed by atoms with van der Waals surface area (Å²) in [6.45, 7) is 3.13. The zero-order chi connectivity index (χ0) is 20.8. The van der Waals surface area contributed by atoms with Crippen LogP contribution in [0.4, 0.5) is 5.69 Å². The van der Waals surface area contributed by atoms with Crippen molar-refractivity contribution in [2.45, 2.75) is 78.1 Å². The van der Waals surface area contributed by atoms with Gasteiger partial charge in [-0.2, -0.15) is 0 Å². The number of carbonyl (C=O) groups is 3. The molecule has 0 saturated heterocycles. The summed E-state index contributed by atoms with van der Waals surface area (Å²) in [6.07, 6.45) is 8.50. The summed E-state index contributed by atoms with van der Waals surface area (Å²) >= 11 is 0. The number of amides is 1. The number of carbonyl (C=O) groups excluding carboxylic acids is 2. The van der Waals surface area contributed by atoms with Crippen molar-refractivity contribution in [3.8, 4) is 5.75 Å². The predicted octanol–water partition coefficient (Wildman–Crippen LogP) is 4.78.